The smallest absolute Gasteiger partial charge is 0.261 e. The highest BCUT2D eigenvalue weighted by atomic mass is 32.5. The molecule has 0 aromatic heterocycles. The largest absolute Gasteiger partial charge is 0.334 e. The van der Waals surface area contributed by atoms with Gasteiger partial charge in [-0.2, -0.15) is 0 Å². The van der Waals surface area contributed by atoms with E-state index in [-0.39, 0.29) is 0 Å². The summed E-state index contributed by atoms with van der Waals surface area (Å²) in [6.07, 6.45) is 0. The van der Waals surface area contributed by atoms with Gasteiger partial charge in [0.1, 0.15) is 0 Å². The van der Waals surface area contributed by atoms with Crippen LogP contribution in [0.3, 0.4) is 0 Å². The fourth-order valence-electron chi connectivity index (χ4n) is 0.697. The first-order valence-electron chi connectivity index (χ1n) is 3.22. The lowest BCUT2D eigenvalue weighted by Crippen LogP contribution is -2.19. The van der Waals surface area contributed by atoms with Crippen LogP contribution < -0.4 is 0 Å². The van der Waals surface area contributed by atoms with E-state index in [1.807, 2.05) is 13.8 Å². The molecule has 0 aliphatic rings. The standard InChI is InChI=1S/C5H14NO2PS/c1-4-6(5-2)9(7,10)8-3/h4-5H2,1-3H3,(H,7,10). The summed E-state index contributed by atoms with van der Waals surface area (Å²) in [4.78, 5) is 9.41. The second-order valence-electron chi connectivity index (χ2n) is 1.81. The van der Waals surface area contributed by atoms with Gasteiger partial charge in [0.05, 0.1) is 0 Å². The lowest BCUT2D eigenvalue weighted by molar-refractivity contribution is 0.308. The van der Waals surface area contributed by atoms with E-state index in [2.05, 4.69) is 0 Å². The molecule has 0 saturated carbocycles. The molecule has 0 fully saturated rings. The highest BCUT2D eigenvalue weighted by Crippen LogP contribution is 2.44. The third kappa shape index (κ3) is 2.64. The maximum absolute atomic E-state index is 9.41. The van der Waals surface area contributed by atoms with E-state index in [1.54, 1.807) is 4.67 Å². The average molecular weight is 183 g/mol. The molecule has 1 N–H and O–H groups in total. The van der Waals surface area contributed by atoms with Crippen molar-refractivity contribution in [2.75, 3.05) is 20.2 Å². The Bertz CT molecular complexity index is 138. The quantitative estimate of drug-likeness (QED) is 0.664. The molecule has 62 valence electrons. The molecule has 0 saturated heterocycles. The fourth-order valence-corrected chi connectivity index (χ4v) is 2.34. The lowest BCUT2D eigenvalue weighted by Gasteiger charge is -2.25. The predicted octanol–water partition coefficient (Wildman–Crippen LogP) is 1.19. The Morgan fingerprint density at radius 3 is 2.00 bits per heavy atom. The lowest BCUT2D eigenvalue weighted by atomic mass is 10.7. The maximum Gasteiger partial charge on any atom is 0.261 e. The molecule has 3 nitrogen and oxygen atoms in total. The topological polar surface area (TPSA) is 32.7 Å². The molecule has 0 radical (unpaired) electrons. The second-order valence-corrected chi connectivity index (χ2v) is 5.15. The van der Waals surface area contributed by atoms with Gasteiger partial charge in [-0.25, -0.2) is 4.67 Å². The van der Waals surface area contributed by atoms with Gasteiger partial charge in [-0.1, -0.05) is 13.8 Å². The zero-order valence-electron chi connectivity index (χ0n) is 6.57. The minimum absolute atomic E-state index is 0.734. The number of nitrogens with zero attached hydrogens (tertiary/aromatic N) is 1. The van der Waals surface area contributed by atoms with Crippen molar-refractivity contribution in [3.05, 3.63) is 0 Å². The monoisotopic (exact) mass is 183 g/mol. The minimum Gasteiger partial charge on any atom is -0.334 e. The van der Waals surface area contributed by atoms with Crippen LogP contribution in [0.25, 0.3) is 0 Å². The third-order valence-corrected chi connectivity index (χ3v) is 4.22. The van der Waals surface area contributed by atoms with Crippen molar-refractivity contribution in [3.8, 4) is 0 Å². The normalized spacial score (nSPS) is 17.3. The van der Waals surface area contributed by atoms with Gasteiger partial charge in [0.15, 0.2) is 0 Å². The average Bonchev–Trinajstić information content (AvgIpc) is 1.90. The highest BCUT2D eigenvalue weighted by molar-refractivity contribution is 8.08. The van der Waals surface area contributed by atoms with E-state index in [1.165, 1.54) is 7.11 Å². The Labute approximate surface area is 67.2 Å². The molecule has 0 amide bonds. The Balaban J connectivity index is 4.12. The molecule has 1 unspecified atom stereocenters. The molecule has 0 spiro atoms. The summed E-state index contributed by atoms with van der Waals surface area (Å²) >= 11 is 4.83. The van der Waals surface area contributed by atoms with Gasteiger partial charge in [0.2, 0.25) is 0 Å². The van der Waals surface area contributed by atoms with E-state index in [4.69, 9.17) is 16.3 Å². The van der Waals surface area contributed by atoms with Crippen LogP contribution in [0.2, 0.25) is 0 Å². The summed E-state index contributed by atoms with van der Waals surface area (Å²) in [6.45, 7) is 2.74. The zero-order valence-corrected chi connectivity index (χ0v) is 8.28. The first-order chi connectivity index (χ1) is 4.58. The molecule has 10 heavy (non-hydrogen) atoms. The summed E-state index contributed by atoms with van der Waals surface area (Å²) in [5.74, 6) is 0. The van der Waals surface area contributed by atoms with Crippen LogP contribution in [0.4, 0.5) is 0 Å². The van der Waals surface area contributed by atoms with E-state index < -0.39 is 6.64 Å². The Kier molecular flexibility index (Phi) is 4.65. The van der Waals surface area contributed by atoms with Crippen molar-refractivity contribution in [2.45, 2.75) is 13.8 Å². The molecule has 0 aliphatic heterocycles. The molecule has 0 bridgehead atoms. The van der Waals surface area contributed by atoms with E-state index in [0.717, 1.165) is 13.1 Å². The van der Waals surface area contributed by atoms with Gasteiger partial charge in [0, 0.05) is 20.2 Å². The summed E-state index contributed by atoms with van der Waals surface area (Å²) in [6, 6.07) is 0. The number of hydrogen-bond acceptors (Lipinski definition) is 2. The van der Waals surface area contributed by atoms with Crippen LogP contribution in [-0.4, -0.2) is 29.8 Å². The van der Waals surface area contributed by atoms with Crippen LogP contribution in [0.15, 0.2) is 0 Å². The molecule has 5 heteroatoms. The van der Waals surface area contributed by atoms with Crippen molar-refractivity contribution < 1.29 is 9.42 Å². The Morgan fingerprint density at radius 2 is 1.90 bits per heavy atom. The van der Waals surface area contributed by atoms with Crippen LogP contribution in [-0.2, 0) is 16.3 Å². The first-order valence-corrected chi connectivity index (χ1v) is 5.85. The maximum atomic E-state index is 9.41. The molecule has 0 heterocycles. The van der Waals surface area contributed by atoms with Gasteiger partial charge in [0.25, 0.3) is 6.64 Å². The van der Waals surface area contributed by atoms with Crippen LogP contribution in [0, 0.1) is 0 Å². The van der Waals surface area contributed by atoms with Crippen molar-refractivity contribution in [3.63, 3.8) is 0 Å². The number of rotatable bonds is 4. The summed E-state index contributed by atoms with van der Waals surface area (Å²) in [5.41, 5.74) is 0. The van der Waals surface area contributed by atoms with Gasteiger partial charge in [-0.05, 0) is 11.8 Å². The second kappa shape index (κ2) is 4.42. The predicted molar refractivity (Wildman–Crippen MR) is 46.4 cm³/mol. The van der Waals surface area contributed by atoms with Crippen LogP contribution in [0.1, 0.15) is 13.8 Å². The minimum atomic E-state index is -2.62. The molecule has 0 aromatic rings. The van der Waals surface area contributed by atoms with E-state index in [0.29, 0.717) is 0 Å². The van der Waals surface area contributed by atoms with Crippen LogP contribution >= 0.6 is 6.64 Å². The van der Waals surface area contributed by atoms with Gasteiger partial charge < -0.3 is 9.42 Å². The summed E-state index contributed by atoms with van der Waals surface area (Å²) in [7, 11) is 1.44. The molecular weight excluding hydrogens is 169 g/mol. The van der Waals surface area contributed by atoms with Crippen molar-refractivity contribution in [1.82, 2.24) is 4.67 Å². The first kappa shape index (κ1) is 10.5. The molecule has 0 aliphatic carbocycles. The van der Waals surface area contributed by atoms with Crippen molar-refractivity contribution >= 4 is 18.4 Å². The van der Waals surface area contributed by atoms with Gasteiger partial charge in [-0.15, -0.1) is 0 Å². The van der Waals surface area contributed by atoms with Crippen LogP contribution in [0.5, 0.6) is 0 Å². The zero-order chi connectivity index (χ0) is 8.20. The fraction of sp³-hybridized carbons (Fsp3) is 1.00. The molecule has 0 rings (SSSR count). The summed E-state index contributed by atoms with van der Waals surface area (Å²) in [5, 5.41) is 0. The van der Waals surface area contributed by atoms with Gasteiger partial charge in [-0.3, -0.25) is 0 Å². The van der Waals surface area contributed by atoms with Crippen molar-refractivity contribution in [2.24, 2.45) is 0 Å². The highest BCUT2D eigenvalue weighted by Gasteiger charge is 2.18. The SMILES string of the molecule is CCN(CC)P(O)(=S)OC. The molecular formula is C5H14NO2PS. The third-order valence-electron chi connectivity index (χ3n) is 1.33. The summed E-state index contributed by atoms with van der Waals surface area (Å²) < 4.78 is 6.54. The van der Waals surface area contributed by atoms with Gasteiger partial charge >= 0.3 is 0 Å². The van der Waals surface area contributed by atoms with Crippen molar-refractivity contribution in [1.29, 1.82) is 0 Å². The van der Waals surface area contributed by atoms with E-state index >= 15 is 0 Å². The Morgan fingerprint density at radius 1 is 1.50 bits per heavy atom. The number of hydrogen-bond donors (Lipinski definition) is 1. The molecule has 0 aromatic carbocycles. The Hall–Kier alpha value is 0.530. The molecule has 1 atom stereocenters. The van der Waals surface area contributed by atoms with E-state index in [9.17, 15) is 4.89 Å².